The normalized spacial score (nSPS) is 10.5. The SMILES string of the molecule is Cc1cc(F)cc(C(=O)N(C)Cc2ccccc2CN)c1. The highest BCUT2D eigenvalue weighted by molar-refractivity contribution is 5.94. The molecule has 0 atom stereocenters. The summed E-state index contributed by atoms with van der Waals surface area (Å²) in [6.45, 7) is 2.64. The van der Waals surface area contributed by atoms with Gasteiger partial charge in [-0.15, -0.1) is 0 Å². The van der Waals surface area contributed by atoms with Crippen LogP contribution in [0, 0.1) is 12.7 Å². The van der Waals surface area contributed by atoms with Crippen molar-refractivity contribution in [1.82, 2.24) is 4.90 Å². The first-order valence-corrected chi connectivity index (χ1v) is 6.80. The number of hydrogen-bond acceptors (Lipinski definition) is 2. The lowest BCUT2D eigenvalue weighted by Gasteiger charge is -2.19. The molecular formula is C17H19FN2O. The Kier molecular flexibility index (Phi) is 4.70. The maximum absolute atomic E-state index is 13.4. The average Bonchev–Trinajstić information content (AvgIpc) is 2.46. The van der Waals surface area contributed by atoms with Crippen LogP contribution < -0.4 is 5.73 Å². The number of benzene rings is 2. The van der Waals surface area contributed by atoms with Gasteiger partial charge in [0, 0.05) is 25.7 Å². The number of amides is 1. The highest BCUT2D eigenvalue weighted by Crippen LogP contribution is 2.14. The second kappa shape index (κ2) is 6.50. The van der Waals surface area contributed by atoms with Crippen molar-refractivity contribution in [1.29, 1.82) is 0 Å². The molecule has 3 nitrogen and oxygen atoms in total. The number of aryl methyl sites for hydroxylation is 1. The fourth-order valence-corrected chi connectivity index (χ4v) is 2.32. The molecule has 110 valence electrons. The maximum Gasteiger partial charge on any atom is 0.254 e. The van der Waals surface area contributed by atoms with Crippen LogP contribution in [-0.2, 0) is 13.1 Å². The summed E-state index contributed by atoms with van der Waals surface area (Å²) in [6, 6.07) is 12.1. The third kappa shape index (κ3) is 3.67. The largest absolute Gasteiger partial charge is 0.337 e. The molecule has 2 aromatic carbocycles. The molecule has 0 aliphatic carbocycles. The van der Waals surface area contributed by atoms with Crippen LogP contribution in [0.3, 0.4) is 0 Å². The number of rotatable bonds is 4. The van der Waals surface area contributed by atoms with Crippen LogP contribution in [0.25, 0.3) is 0 Å². The molecule has 21 heavy (non-hydrogen) atoms. The zero-order valence-corrected chi connectivity index (χ0v) is 12.3. The van der Waals surface area contributed by atoms with Gasteiger partial charge in [0.25, 0.3) is 5.91 Å². The van der Waals surface area contributed by atoms with Gasteiger partial charge in [-0.3, -0.25) is 4.79 Å². The molecule has 2 rings (SSSR count). The van der Waals surface area contributed by atoms with Crippen molar-refractivity contribution >= 4 is 5.91 Å². The zero-order chi connectivity index (χ0) is 15.4. The van der Waals surface area contributed by atoms with Crippen LogP contribution in [0.2, 0.25) is 0 Å². The van der Waals surface area contributed by atoms with E-state index in [4.69, 9.17) is 5.73 Å². The van der Waals surface area contributed by atoms with Gasteiger partial charge in [0.1, 0.15) is 5.82 Å². The lowest BCUT2D eigenvalue weighted by atomic mass is 10.1. The molecule has 0 fully saturated rings. The van der Waals surface area contributed by atoms with E-state index < -0.39 is 5.82 Å². The standard InChI is InChI=1S/C17H19FN2O/c1-12-7-15(9-16(18)8-12)17(21)20(2)11-14-6-4-3-5-13(14)10-19/h3-9H,10-11,19H2,1-2H3. The molecule has 0 heterocycles. The number of carbonyl (C=O) groups excluding carboxylic acids is 1. The van der Waals surface area contributed by atoms with Gasteiger partial charge >= 0.3 is 0 Å². The van der Waals surface area contributed by atoms with Crippen LogP contribution in [0.15, 0.2) is 42.5 Å². The Labute approximate surface area is 124 Å². The summed E-state index contributed by atoms with van der Waals surface area (Å²) in [5.41, 5.74) is 8.80. The first-order chi connectivity index (χ1) is 10.0. The van der Waals surface area contributed by atoms with Gasteiger partial charge in [-0.25, -0.2) is 4.39 Å². The first kappa shape index (κ1) is 15.2. The predicted octanol–water partition coefficient (Wildman–Crippen LogP) is 2.87. The van der Waals surface area contributed by atoms with Gasteiger partial charge in [0.2, 0.25) is 0 Å². The van der Waals surface area contributed by atoms with Crippen LogP contribution >= 0.6 is 0 Å². The summed E-state index contributed by atoms with van der Waals surface area (Å²) >= 11 is 0. The summed E-state index contributed by atoms with van der Waals surface area (Å²) in [7, 11) is 1.70. The highest BCUT2D eigenvalue weighted by Gasteiger charge is 2.14. The molecule has 0 spiro atoms. The Balaban J connectivity index is 2.19. The van der Waals surface area contributed by atoms with Gasteiger partial charge in [-0.2, -0.15) is 0 Å². The summed E-state index contributed by atoms with van der Waals surface area (Å²) in [5.74, 6) is -0.599. The van der Waals surface area contributed by atoms with E-state index in [1.807, 2.05) is 24.3 Å². The fraction of sp³-hybridized carbons (Fsp3) is 0.235. The number of hydrogen-bond donors (Lipinski definition) is 1. The van der Waals surface area contributed by atoms with Crippen LogP contribution in [0.4, 0.5) is 4.39 Å². The summed E-state index contributed by atoms with van der Waals surface area (Å²) < 4.78 is 13.4. The quantitative estimate of drug-likeness (QED) is 0.939. The zero-order valence-electron chi connectivity index (χ0n) is 12.3. The van der Waals surface area contributed by atoms with Crippen molar-refractivity contribution in [3.05, 3.63) is 70.5 Å². The van der Waals surface area contributed by atoms with Crippen LogP contribution in [-0.4, -0.2) is 17.9 Å². The minimum absolute atomic E-state index is 0.204. The van der Waals surface area contributed by atoms with E-state index in [-0.39, 0.29) is 5.91 Å². The first-order valence-electron chi connectivity index (χ1n) is 6.80. The lowest BCUT2D eigenvalue weighted by Crippen LogP contribution is -2.27. The Bertz CT molecular complexity index is 635. The van der Waals surface area contributed by atoms with E-state index in [1.54, 1.807) is 24.9 Å². The van der Waals surface area contributed by atoms with Crippen molar-refractivity contribution in [3.63, 3.8) is 0 Å². The molecule has 0 bridgehead atoms. The molecule has 0 aliphatic heterocycles. The summed E-state index contributed by atoms with van der Waals surface area (Å²) in [6.07, 6.45) is 0. The predicted molar refractivity (Wildman–Crippen MR) is 81.3 cm³/mol. The molecule has 2 N–H and O–H groups in total. The van der Waals surface area contributed by atoms with E-state index in [0.717, 1.165) is 16.7 Å². The van der Waals surface area contributed by atoms with Crippen molar-refractivity contribution in [2.45, 2.75) is 20.0 Å². The second-order valence-electron chi connectivity index (χ2n) is 5.15. The third-order valence-electron chi connectivity index (χ3n) is 3.38. The van der Waals surface area contributed by atoms with E-state index in [1.165, 1.54) is 12.1 Å². The highest BCUT2D eigenvalue weighted by atomic mass is 19.1. The molecule has 2 aromatic rings. The second-order valence-corrected chi connectivity index (χ2v) is 5.15. The molecule has 0 saturated carbocycles. The number of nitrogens with two attached hydrogens (primary N) is 1. The van der Waals surface area contributed by atoms with E-state index in [0.29, 0.717) is 18.7 Å². The van der Waals surface area contributed by atoms with Gasteiger partial charge in [-0.05, 0) is 41.8 Å². The van der Waals surface area contributed by atoms with Gasteiger partial charge < -0.3 is 10.6 Å². The van der Waals surface area contributed by atoms with Gasteiger partial charge in [-0.1, -0.05) is 24.3 Å². The minimum Gasteiger partial charge on any atom is -0.337 e. The lowest BCUT2D eigenvalue weighted by molar-refractivity contribution is 0.0784. The Morgan fingerprint density at radius 2 is 1.86 bits per heavy atom. The fourth-order valence-electron chi connectivity index (χ4n) is 2.32. The molecule has 0 aromatic heterocycles. The van der Waals surface area contributed by atoms with Gasteiger partial charge in [0.05, 0.1) is 0 Å². The van der Waals surface area contributed by atoms with Crippen LogP contribution in [0.5, 0.6) is 0 Å². The minimum atomic E-state index is -0.394. The van der Waals surface area contributed by atoms with Crippen molar-refractivity contribution in [2.75, 3.05) is 7.05 Å². The van der Waals surface area contributed by atoms with E-state index in [2.05, 4.69) is 0 Å². The molecule has 4 heteroatoms. The summed E-state index contributed by atoms with van der Waals surface area (Å²) in [5, 5.41) is 0. The topological polar surface area (TPSA) is 46.3 Å². The van der Waals surface area contributed by atoms with Crippen molar-refractivity contribution in [2.24, 2.45) is 5.73 Å². The number of carbonyl (C=O) groups is 1. The summed E-state index contributed by atoms with van der Waals surface area (Å²) in [4.78, 5) is 14.0. The Hall–Kier alpha value is -2.20. The van der Waals surface area contributed by atoms with Crippen LogP contribution in [0.1, 0.15) is 27.0 Å². The smallest absolute Gasteiger partial charge is 0.254 e. The molecule has 0 unspecified atom stereocenters. The van der Waals surface area contributed by atoms with Crippen molar-refractivity contribution < 1.29 is 9.18 Å². The average molecular weight is 286 g/mol. The maximum atomic E-state index is 13.4. The third-order valence-corrected chi connectivity index (χ3v) is 3.38. The number of nitrogens with zero attached hydrogens (tertiary/aromatic N) is 1. The Morgan fingerprint density at radius 1 is 1.19 bits per heavy atom. The monoisotopic (exact) mass is 286 g/mol. The van der Waals surface area contributed by atoms with Gasteiger partial charge in [0.15, 0.2) is 0 Å². The number of halogens is 1. The Morgan fingerprint density at radius 3 is 2.48 bits per heavy atom. The molecule has 1 amide bonds. The molecular weight excluding hydrogens is 267 g/mol. The molecule has 0 saturated heterocycles. The van der Waals surface area contributed by atoms with E-state index >= 15 is 0 Å². The molecule has 0 radical (unpaired) electrons. The molecule has 0 aliphatic rings. The van der Waals surface area contributed by atoms with E-state index in [9.17, 15) is 9.18 Å². The van der Waals surface area contributed by atoms with Crippen molar-refractivity contribution in [3.8, 4) is 0 Å².